The topological polar surface area (TPSA) is 84.2 Å². The maximum Gasteiger partial charge on any atom is 0.290 e. The number of nitrogens with one attached hydrogen (secondary N) is 1. The maximum atomic E-state index is 13.2. The molecular formula is C23H23N5O2S. The van der Waals surface area contributed by atoms with Crippen LogP contribution < -0.4 is 5.32 Å². The number of carbonyl (C=O) groups is 1. The average molecular weight is 434 g/mol. The van der Waals surface area contributed by atoms with E-state index in [1.807, 2.05) is 55.3 Å². The van der Waals surface area contributed by atoms with Gasteiger partial charge in [-0.25, -0.2) is 15.0 Å². The highest BCUT2D eigenvalue weighted by molar-refractivity contribution is 7.18. The molecule has 1 aliphatic rings. The van der Waals surface area contributed by atoms with Crippen LogP contribution in [-0.4, -0.2) is 39.4 Å². The third-order valence-corrected chi connectivity index (χ3v) is 6.82. The average Bonchev–Trinajstić information content (AvgIpc) is 3.57. The van der Waals surface area contributed by atoms with Crippen molar-refractivity contribution in [3.8, 4) is 11.3 Å². The largest absolute Gasteiger partial charge is 0.454 e. The van der Waals surface area contributed by atoms with Gasteiger partial charge in [-0.2, -0.15) is 0 Å². The number of benzene rings is 1. The summed E-state index contributed by atoms with van der Waals surface area (Å²) in [6.07, 6.45) is 3.39. The quantitative estimate of drug-likeness (QED) is 0.495. The zero-order chi connectivity index (χ0) is 21.4. The number of amides is 1. The SMILES string of the molecule is CNC(C)c1ccc(C(=O)N2CCCC2c2nc3c(-c4ccccc4)ncnc3s2)o1. The van der Waals surface area contributed by atoms with E-state index in [9.17, 15) is 4.79 Å². The standard InChI is InChI=1S/C23H23N5O2S/c1-14(24-2)17-10-11-18(30-17)23(29)28-12-6-9-16(28)21-27-20-19(15-7-4-3-5-8-15)25-13-26-22(20)31-21/h3-5,7-8,10-11,13-14,16,24H,6,9,12H2,1-2H3. The van der Waals surface area contributed by atoms with Crippen molar-refractivity contribution < 1.29 is 9.21 Å². The fraction of sp³-hybridized carbons (Fsp3) is 0.304. The van der Waals surface area contributed by atoms with Crippen LogP contribution in [0.5, 0.6) is 0 Å². The second-order valence-electron chi connectivity index (χ2n) is 7.66. The van der Waals surface area contributed by atoms with Crippen LogP contribution in [-0.2, 0) is 0 Å². The Morgan fingerprint density at radius 1 is 1.23 bits per heavy atom. The molecule has 2 unspecified atom stereocenters. The van der Waals surface area contributed by atoms with Crippen molar-refractivity contribution >= 4 is 27.6 Å². The summed E-state index contributed by atoms with van der Waals surface area (Å²) in [5.41, 5.74) is 2.62. The lowest BCUT2D eigenvalue weighted by molar-refractivity contribution is 0.0700. The van der Waals surface area contributed by atoms with Crippen molar-refractivity contribution in [3.05, 3.63) is 65.3 Å². The minimum Gasteiger partial charge on any atom is -0.454 e. The lowest BCUT2D eigenvalue weighted by Crippen LogP contribution is -2.30. The molecule has 1 fully saturated rings. The Labute approximate surface area is 184 Å². The summed E-state index contributed by atoms with van der Waals surface area (Å²) in [6.45, 7) is 2.69. The van der Waals surface area contributed by atoms with Crippen LogP contribution in [0.25, 0.3) is 21.6 Å². The van der Waals surface area contributed by atoms with Crippen LogP contribution >= 0.6 is 11.3 Å². The van der Waals surface area contributed by atoms with Gasteiger partial charge in [-0.1, -0.05) is 41.7 Å². The third kappa shape index (κ3) is 3.62. The van der Waals surface area contributed by atoms with Crippen LogP contribution in [0.1, 0.15) is 53.2 Å². The molecule has 8 heteroatoms. The van der Waals surface area contributed by atoms with Gasteiger partial charge in [0.05, 0.1) is 12.1 Å². The minimum absolute atomic E-state index is 0.0511. The molecule has 4 heterocycles. The van der Waals surface area contributed by atoms with E-state index in [4.69, 9.17) is 9.40 Å². The van der Waals surface area contributed by atoms with E-state index in [1.165, 1.54) is 11.3 Å². The molecule has 158 valence electrons. The van der Waals surface area contributed by atoms with Crippen molar-refractivity contribution in [1.82, 2.24) is 25.2 Å². The molecule has 1 N–H and O–H groups in total. The normalized spacial score (nSPS) is 17.4. The van der Waals surface area contributed by atoms with Gasteiger partial charge in [0.2, 0.25) is 0 Å². The zero-order valence-corrected chi connectivity index (χ0v) is 18.2. The highest BCUT2D eigenvalue weighted by atomic mass is 32.1. The summed E-state index contributed by atoms with van der Waals surface area (Å²) in [6, 6.07) is 13.6. The molecule has 0 spiro atoms. The number of nitrogens with zero attached hydrogens (tertiary/aromatic N) is 4. The monoisotopic (exact) mass is 433 g/mol. The molecule has 1 amide bonds. The van der Waals surface area contributed by atoms with Gasteiger partial charge in [0, 0.05) is 12.1 Å². The van der Waals surface area contributed by atoms with Gasteiger partial charge in [0.15, 0.2) is 5.76 Å². The number of fused-ring (bicyclic) bond motifs is 1. The van der Waals surface area contributed by atoms with Crippen molar-refractivity contribution in [2.75, 3.05) is 13.6 Å². The highest BCUT2D eigenvalue weighted by Gasteiger charge is 2.34. The lowest BCUT2D eigenvalue weighted by Gasteiger charge is -2.21. The minimum atomic E-state index is -0.0920. The van der Waals surface area contributed by atoms with Crippen molar-refractivity contribution in [2.24, 2.45) is 0 Å². The summed E-state index contributed by atoms with van der Waals surface area (Å²) >= 11 is 1.54. The molecule has 3 aromatic heterocycles. The Kier molecular flexibility index (Phi) is 5.25. The number of hydrogen-bond donors (Lipinski definition) is 1. The molecule has 4 aromatic rings. The summed E-state index contributed by atoms with van der Waals surface area (Å²) in [4.78, 5) is 29.7. The Morgan fingerprint density at radius 3 is 2.87 bits per heavy atom. The molecule has 0 saturated carbocycles. The van der Waals surface area contributed by atoms with Gasteiger partial charge in [-0.05, 0) is 38.9 Å². The number of furan rings is 1. The fourth-order valence-electron chi connectivity index (χ4n) is 3.97. The first-order chi connectivity index (χ1) is 15.2. The smallest absolute Gasteiger partial charge is 0.290 e. The first kappa shape index (κ1) is 19.8. The van der Waals surface area contributed by atoms with E-state index in [0.29, 0.717) is 12.3 Å². The molecular weight excluding hydrogens is 410 g/mol. The molecule has 0 bridgehead atoms. The van der Waals surface area contributed by atoms with E-state index in [-0.39, 0.29) is 18.0 Å². The molecule has 1 aromatic carbocycles. The van der Waals surface area contributed by atoms with Crippen LogP contribution in [0.15, 0.2) is 53.2 Å². The van der Waals surface area contributed by atoms with Crippen molar-refractivity contribution in [1.29, 1.82) is 0 Å². The van der Waals surface area contributed by atoms with Gasteiger partial charge < -0.3 is 14.6 Å². The summed E-state index contributed by atoms with van der Waals surface area (Å²) < 4.78 is 5.84. The van der Waals surface area contributed by atoms with Gasteiger partial charge in [-0.15, -0.1) is 0 Å². The molecule has 1 saturated heterocycles. The molecule has 0 aliphatic carbocycles. The van der Waals surface area contributed by atoms with Crippen molar-refractivity contribution in [2.45, 2.75) is 31.8 Å². The Balaban J connectivity index is 1.47. The van der Waals surface area contributed by atoms with Crippen LogP contribution in [0.2, 0.25) is 0 Å². The Bertz CT molecular complexity index is 1220. The van der Waals surface area contributed by atoms with Crippen LogP contribution in [0.4, 0.5) is 0 Å². The number of carbonyl (C=O) groups excluding carboxylic acids is 1. The number of hydrogen-bond acceptors (Lipinski definition) is 7. The van der Waals surface area contributed by atoms with Crippen LogP contribution in [0, 0.1) is 0 Å². The summed E-state index contributed by atoms with van der Waals surface area (Å²) in [5, 5.41) is 4.03. The molecule has 0 radical (unpaired) electrons. The first-order valence-corrected chi connectivity index (χ1v) is 11.2. The van der Waals surface area contributed by atoms with Crippen LogP contribution in [0.3, 0.4) is 0 Å². The van der Waals surface area contributed by atoms with E-state index in [2.05, 4.69) is 15.3 Å². The lowest BCUT2D eigenvalue weighted by atomic mass is 10.1. The summed E-state index contributed by atoms with van der Waals surface area (Å²) in [7, 11) is 1.87. The van der Waals surface area contributed by atoms with Gasteiger partial charge >= 0.3 is 0 Å². The second kappa shape index (κ2) is 8.20. The van der Waals surface area contributed by atoms with Crippen molar-refractivity contribution in [3.63, 3.8) is 0 Å². The highest BCUT2D eigenvalue weighted by Crippen LogP contribution is 2.38. The zero-order valence-electron chi connectivity index (χ0n) is 17.4. The van der Waals surface area contributed by atoms with E-state index in [1.54, 1.807) is 12.4 Å². The predicted molar refractivity (Wildman–Crippen MR) is 120 cm³/mol. The van der Waals surface area contributed by atoms with E-state index in [0.717, 1.165) is 45.2 Å². The second-order valence-corrected chi connectivity index (χ2v) is 8.67. The molecule has 1 aliphatic heterocycles. The van der Waals surface area contributed by atoms with Gasteiger partial charge in [0.25, 0.3) is 5.91 Å². The number of thiazole rings is 1. The molecule has 2 atom stereocenters. The van der Waals surface area contributed by atoms with Gasteiger partial charge in [-0.3, -0.25) is 4.79 Å². The number of aromatic nitrogens is 3. The van der Waals surface area contributed by atoms with Gasteiger partial charge in [0.1, 0.15) is 33.1 Å². The Morgan fingerprint density at radius 2 is 2.06 bits per heavy atom. The predicted octanol–water partition coefficient (Wildman–Crippen LogP) is 4.60. The fourth-order valence-corrected chi connectivity index (χ4v) is 5.03. The third-order valence-electron chi connectivity index (χ3n) is 5.76. The molecule has 5 rings (SSSR count). The summed E-state index contributed by atoms with van der Waals surface area (Å²) in [5.74, 6) is 1.03. The maximum absolute atomic E-state index is 13.2. The number of rotatable bonds is 5. The first-order valence-electron chi connectivity index (χ1n) is 10.4. The molecule has 7 nitrogen and oxygen atoms in total. The molecule has 31 heavy (non-hydrogen) atoms. The van der Waals surface area contributed by atoms with E-state index < -0.39 is 0 Å². The number of likely N-dealkylation sites (tertiary alicyclic amines) is 1. The Hall–Kier alpha value is -3.10. The van der Waals surface area contributed by atoms with E-state index >= 15 is 0 Å².